The van der Waals surface area contributed by atoms with Crippen LogP contribution in [-0.4, -0.2) is 71.1 Å². The van der Waals surface area contributed by atoms with E-state index >= 15 is 0 Å². The molecule has 144 valence electrons. The molecule has 0 aromatic rings. The number of esters is 4. The molecule has 11 heteroatoms. The molecule has 0 unspecified atom stereocenters. The number of fused-ring (bicyclic) bond motifs is 1. The highest BCUT2D eigenvalue weighted by Gasteiger charge is 2.59. The fourth-order valence-electron chi connectivity index (χ4n) is 2.99. The second kappa shape index (κ2) is 7.85. The molecule has 26 heavy (non-hydrogen) atoms. The molecule has 0 radical (unpaired) electrons. The third-order valence-electron chi connectivity index (χ3n) is 3.72. The van der Waals surface area contributed by atoms with Crippen LogP contribution in [0.25, 0.3) is 0 Å². The van der Waals surface area contributed by atoms with Gasteiger partial charge in [-0.25, -0.2) is 0 Å². The van der Waals surface area contributed by atoms with E-state index in [0.29, 0.717) is 0 Å². The topological polar surface area (TPSA) is 118 Å². The normalized spacial score (nSPS) is 29.9. The van der Waals surface area contributed by atoms with E-state index in [2.05, 4.69) is 0 Å². The lowest BCUT2D eigenvalue weighted by molar-refractivity contribution is -0.234. The molecule has 2 saturated heterocycles. The number of rotatable bonds is 4. The third-order valence-corrected chi connectivity index (χ3v) is 4.05. The van der Waals surface area contributed by atoms with Crippen molar-refractivity contribution in [2.24, 2.45) is 0 Å². The van der Waals surface area contributed by atoms with Crippen LogP contribution in [0.4, 0.5) is 0 Å². The van der Waals surface area contributed by atoms with E-state index in [0.717, 1.165) is 13.8 Å². The van der Waals surface area contributed by atoms with Gasteiger partial charge in [-0.2, -0.15) is 0 Å². The highest BCUT2D eigenvalue weighted by Crippen LogP contribution is 2.35. The number of nitrogens with zero attached hydrogens (tertiary/aromatic N) is 1. The number of piperidine rings is 1. The van der Waals surface area contributed by atoms with Gasteiger partial charge in [0.1, 0.15) is 12.6 Å². The van der Waals surface area contributed by atoms with Gasteiger partial charge in [0, 0.05) is 27.7 Å². The maximum atomic E-state index is 11.6. The summed E-state index contributed by atoms with van der Waals surface area (Å²) in [6, 6.07) is -0.688. The van der Waals surface area contributed by atoms with Crippen LogP contribution in [0.2, 0.25) is 0 Å². The molecule has 0 N–H and O–H groups in total. The van der Waals surface area contributed by atoms with Gasteiger partial charge >= 0.3 is 23.9 Å². The lowest BCUT2D eigenvalue weighted by Gasteiger charge is -2.47. The molecule has 0 aromatic heterocycles. The van der Waals surface area contributed by atoms with Gasteiger partial charge in [0.05, 0.1) is 0 Å². The van der Waals surface area contributed by atoms with E-state index in [1.165, 1.54) is 18.7 Å². The third kappa shape index (κ3) is 4.21. The highest BCUT2D eigenvalue weighted by molar-refractivity contribution is 7.80. The maximum Gasteiger partial charge on any atom is 0.304 e. The molecule has 0 bridgehead atoms. The average molecular weight is 389 g/mol. The van der Waals surface area contributed by atoms with Crippen molar-refractivity contribution >= 4 is 41.3 Å². The maximum absolute atomic E-state index is 11.6. The summed E-state index contributed by atoms with van der Waals surface area (Å²) in [6.07, 6.45) is -4.74. The van der Waals surface area contributed by atoms with E-state index in [-0.39, 0.29) is 11.8 Å². The Bertz CT molecular complexity index is 637. The molecule has 2 rings (SSSR count). The van der Waals surface area contributed by atoms with Gasteiger partial charge in [-0.05, 0) is 12.2 Å². The van der Waals surface area contributed by atoms with Gasteiger partial charge in [-0.15, -0.1) is 0 Å². The van der Waals surface area contributed by atoms with Crippen molar-refractivity contribution in [3.8, 4) is 0 Å². The standard InChI is InChI=1S/C15H19NO9S/c1-6(17)22-11-10-5-21-15(26)16(10)14(25-9(4)20)13(24-8(3)19)12(11)23-7(2)18/h10-14H,5H2,1-4H3/t10-,11-,12+,13+,14-/m1/s1. The average Bonchev–Trinajstić information content (AvgIpc) is 2.86. The van der Waals surface area contributed by atoms with Crippen LogP contribution in [0.1, 0.15) is 27.7 Å². The SMILES string of the molecule is CC(=O)O[C@H]1[C@H](OC(C)=O)[C@H]2COC(=S)N2[C@H](OC(C)=O)[C@H]1OC(C)=O. The molecule has 0 aromatic carbocycles. The monoisotopic (exact) mass is 389 g/mol. The van der Waals surface area contributed by atoms with Crippen molar-refractivity contribution in [1.29, 1.82) is 0 Å². The quantitative estimate of drug-likeness (QED) is 0.357. The summed E-state index contributed by atoms with van der Waals surface area (Å²) in [5, 5.41) is -0.0168. The molecular weight excluding hydrogens is 370 g/mol. The second-order valence-corrected chi connectivity index (χ2v) is 6.12. The van der Waals surface area contributed by atoms with Gasteiger partial charge in [0.2, 0.25) is 6.23 Å². The molecule has 0 spiro atoms. The number of hydrogen-bond acceptors (Lipinski definition) is 10. The van der Waals surface area contributed by atoms with E-state index in [9.17, 15) is 19.2 Å². The fraction of sp³-hybridized carbons (Fsp3) is 0.667. The predicted molar refractivity (Wildman–Crippen MR) is 86.4 cm³/mol. The van der Waals surface area contributed by atoms with Crippen LogP contribution in [-0.2, 0) is 42.9 Å². The van der Waals surface area contributed by atoms with Crippen LogP contribution >= 0.6 is 12.2 Å². The van der Waals surface area contributed by atoms with E-state index < -0.39 is 54.5 Å². The first-order chi connectivity index (χ1) is 12.1. The van der Waals surface area contributed by atoms with Crippen LogP contribution in [0.15, 0.2) is 0 Å². The van der Waals surface area contributed by atoms with Crippen molar-refractivity contribution in [3.63, 3.8) is 0 Å². The minimum Gasteiger partial charge on any atom is -0.468 e. The van der Waals surface area contributed by atoms with Gasteiger partial charge in [0.15, 0.2) is 18.3 Å². The molecule has 0 aliphatic carbocycles. The first-order valence-corrected chi connectivity index (χ1v) is 8.16. The van der Waals surface area contributed by atoms with Crippen LogP contribution < -0.4 is 0 Å². The highest BCUT2D eigenvalue weighted by atomic mass is 32.1. The van der Waals surface area contributed by atoms with Crippen molar-refractivity contribution in [2.45, 2.75) is 58.3 Å². The Morgan fingerprint density at radius 2 is 1.31 bits per heavy atom. The zero-order chi connectivity index (χ0) is 19.6. The Kier molecular flexibility index (Phi) is 6.01. The Morgan fingerprint density at radius 1 is 0.846 bits per heavy atom. The summed E-state index contributed by atoms with van der Waals surface area (Å²) in [5.74, 6) is -2.72. The number of thiocarbonyl (C=S) groups is 1. The van der Waals surface area contributed by atoms with Crippen LogP contribution in [0.5, 0.6) is 0 Å². The molecule has 2 aliphatic heterocycles. The molecule has 0 saturated carbocycles. The van der Waals surface area contributed by atoms with Gasteiger partial charge < -0.3 is 23.7 Å². The Morgan fingerprint density at radius 3 is 1.81 bits per heavy atom. The largest absolute Gasteiger partial charge is 0.468 e. The van der Waals surface area contributed by atoms with E-state index in [4.69, 9.17) is 35.9 Å². The van der Waals surface area contributed by atoms with Gasteiger partial charge in [-0.1, -0.05) is 0 Å². The Labute approximate surface area is 154 Å². The fourth-order valence-corrected chi connectivity index (χ4v) is 3.30. The number of carbonyl (C=O) groups excluding carboxylic acids is 4. The second-order valence-electron chi connectivity index (χ2n) is 5.77. The summed E-state index contributed by atoms with van der Waals surface area (Å²) >= 11 is 5.13. The predicted octanol–water partition coefficient (Wildman–Crippen LogP) is -0.330. The first kappa shape index (κ1) is 19.9. The van der Waals surface area contributed by atoms with Crippen molar-refractivity contribution in [3.05, 3.63) is 0 Å². The summed E-state index contributed by atoms with van der Waals surface area (Å²) in [4.78, 5) is 47.6. The minimum absolute atomic E-state index is 0.0130. The van der Waals surface area contributed by atoms with Crippen molar-refractivity contribution in [2.75, 3.05) is 6.61 Å². The lowest BCUT2D eigenvalue weighted by atomic mass is 9.93. The van der Waals surface area contributed by atoms with Gasteiger partial charge in [-0.3, -0.25) is 24.1 Å². The summed E-state index contributed by atoms with van der Waals surface area (Å²) in [5.41, 5.74) is 0. The number of carbonyl (C=O) groups is 4. The summed E-state index contributed by atoms with van der Waals surface area (Å²) in [7, 11) is 0. The zero-order valence-corrected chi connectivity index (χ0v) is 15.4. The molecule has 2 heterocycles. The molecule has 2 fully saturated rings. The van der Waals surface area contributed by atoms with Gasteiger partial charge in [0.25, 0.3) is 5.17 Å². The molecule has 5 atom stereocenters. The summed E-state index contributed by atoms with van der Waals surface area (Å²) < 4.78 is 26.4. The number of ether oxygens (including phenoxy) is 5. The molecular formula is C15H19NO9S. The van der Waals surface area contributed by atoms with E-state index in [1.54, 1.807) is 0 Å². The van der Waals surface area contributed by atoms with Crippen LogP contribution in [0.3, 0.4) is 0 Å². The number of hydrogen-bond donors (Lipinski definition) is 0. The first-order valence-electron chi connectivity index (χ1n) is 7.75. The van der Waals surface area contributed by atoms with Crippen molar-refractivity contribution < 1.29 is 42.9 Å². The summed E-state index contributed by atoms with van der Waals surface area (Å²) in [6.45, 7) is 4.65. The van der Waals surface area contributed by atoms with Crippen molar-refractivity contribution in [1.82, 2.24) is 4.90 Å². The smallest absolute Gasteiger partial charge is 0.304 e. The zero-order valence-electron chi connectivity index (χ0n) is 14.6. The van der Waals surface area contributed by atoms with Crippen LogP contribution in [0, 0.1) is 0 Å². The lowest BCUT2D eigenvalue weighted by Crippen LogP contribution is -2.69. The molecule has 10 nitrogen and oxygen atoms in total. The Balaban J connectivity index is 2.51. The Hall–Kier alpha value is -2.43. The van der Waals surface area contributed by atoms with E-state index in [1.807, 2.05) is 0 Å². The minimum atomic E-state index is -1.28. The molecule has 0 amide bonds. The molecule has 2 aliphatic rings.